The fraction of sp³-hybridized carbons (Fsp3) is 0.444. The van der Waals surface area contributed by atoms with E-state index in [0.29, 0.717) is 11.6 Å². The molecular formula is C18H20N4O2S2. The molecule has 0 radical (unpaired) electrons. The Bertz CT molecular complexity index is 965. The molecule has 136 valence electrons. The molecule has 0 aliphatic heterocycles. The van der Waals surface area contributed by atoms with E-state index in [1.54, 1.807) is 30.7 Å². The Morgan fingerprint density at radius 1 is 1.46 bits per heavy atom. The third kappa shape index (κ3) is 3.35. The highest BCUT2D eigenvalue weighted by molar-refractivity contribution is 8.00. The maximum atomic E-state index is 12.5. The summed E-state index contributed by atoms with van der Waals surface area (Å²) in [5.74, 6) is 1.70. The van der Waals surface area contributed by atoms with Gasteiger partial charge in [-0.15, -0.1) is 11.3 Å². The fourth-order valence-corrected chi connectivity index (χ4v) is 5.57. The number of hydrogen-bond donors (Lipinski definition) is 1. The van der Waals surface area contributed by atoms with Gasteiger partial charge >= 0.3 is 0 Å². The Kier molecular flexibility index (Phi) is 4.71. The van der Waals surface area contributed by atoms with Gasteiger partial charge in [-0.2, -0.15) is 0 Å². The van der Waals surface area contributed by atoms with Crippen molar-refractivity contribution in [3.05, 3.63) is 28.6 Å². The highest BCUT2D eigenvalue weighted by atomic mass is 32.2. The van der Waals surface area contributed by atoms with Gasteiger partial charge in [0.2, 0.25) is 5.91 Å². The van der Waals surface area contributed by atoms with Crippen LogP contribution in [0.1, 0.15) is 36.5 Å². The Balaban J connectivity index is 1.57. The van der Waals surface area contributed by atoms with Crippen LogP contribution in [0.2, 0.25) is 0 Å². The number of aryl methyl sites for hydroxylation is 2. The van der Waals surface area contributed by atoms with E-state index in [2.05, 4.69) is 27.4 Å². The number of carbonyl (C=O) groups excluding carboxylic acids is 1. The van der Waals surface area contributed by atoms with Crippen molar-refractivity contribution < 1.29 is 9.32 Å². The van der Waals surface area contributed by atoms with Gasteiger partial charge in [0, 0.05) is 16.3 Å². The van der Waals surface area contributed by atoms with Gasteiger partial charge in [0.1, 0.15) is 21.9 Å². The maximum absolute atomic E-state index is 12.5. The lowest BCUT2D eigenvalue weighted by Crippen LogP contribution is -2.22. The Morgan fingerprint density at radius 3 is 3.08 bits per heavy atom. The molecule has 0 fully saturated rings. The normalized spacial score (nSPS) is 17.9. The minimum atomic E-state index is -0.303. The first-order valence-electron chi connectivity index (χ1n) is 8.67. The van der Waals surface area contributed by atoms with Gasteiger partial charge in [-0.3, -0.25) is 4.79 Å². The average Bonchev–Trinajstić information content (AvgIpc) is 3.17. The first-order chi connectivity index (χ1) is 12.5. The van der Waals surface area contributed by atoms with Crippen molar-refractivity contribution in [2.75, 3.05) is 5.32 Å². The summed E-state index contributed by atoms with van der Waals surface area (Å²) >= 11 is 3.24. The van der Waals surface area contributed by atoms with Gasteiger partial charge in [0.25, 0.3) is 0 Å². The van der Waals surface area contributed by atoms with Gasteiger partial charge in [0.05, 0.1) is 5.25 Å². The van der Waals surface area contributed by atoms with Crippen molar-refractivity contribution >= 4 is 45.0 Å². The van der Waals surface area contributed by atoms with E-state index in [0.717, 1.165) is 34.0 Å². The zero-order valence-corrected chi connectivity index (χ0v) is 16.5. The molecule has 0 bridgehead atoms. The summed E-state index contributed by atoms with van der Waals surface area (Å²) in [5, 5.41) is 8.33. The molecule has 3 heterocycles. The number of fused-ring (bicyclic) bond motifs is 3. The van der Waals surface area contributed by atoms with E-state index in [-0.39, 0.29) is 11.2 Å². The summed E-state index contributed by atoms with van der Waals surface area (Å²) in [6.07, 6.45) is 4.97. The zero-order valence-electron chi connectivity index (χ0n) is 14.9. The second kappa shape index (κ2) is 7.00. The molecule has 0 saturated heterocycles. The lowest BCUT2D eigenvalue weighted by Gasteiger charge is -2.18. The number of anilines is 1. The summed E-state index contributed by atoms with van der Waals surface area (Å²) in [6, 6.07) is 1.70. The van der Waals surface area contributed by atoms with Gasteiger partial charge < -0.3 is 9.84 Å². The topological polar surface area (TPSA) is 80.9 Å². The second-order valence-corrected chi connectivity index (χ2v) is 9.20. The molecule has 4 rings (SSSR count). The van der Waals surface area contributed by atoms with E-state index in [1.165, 1.54) is 28.6 Å². The first kappa shape index (κ1) is 17.5. The maximum Gasteiger partial charge on any atom is 0.238 e. The van der Waals surface area contributed by atoms with Crippen LogP contribution in [0.15, 0.2) is 21.9 Å². The van der Waals surface area contributed by atoms with Crippen LogP contribution < -0.4 is 5.32 Å². The molecule has 2 atom stereocenters. The fourth-order valence-electron chi connectivity index (χ4n) is 3.21. The number of hydrogen-bond acceptors (Lipinski definition) is 7. The van der Waals surface area contributed by atoms with Crippen molar-refractivity contribution in [1.29, 1.82) is 0 Å². The number of carbonyl (C=O) groups is 1. The summed E-state index contributed by atoms with van der Waals surface area (Å²) in [7, 11) is 0. The van der Waals surface area contributed by atoms with E-state index in [4.69, 9.17) is 4.52 Å². The smallest absolute Gasteiger partial charge is 0.238 e. The van der Waals surface area contributed by atoms with Crippen LogP contribution >= 0.6 is 23.1 Å². The summed E-state index contributed by atoms with van der Waals surface area (Å²) < 4.78 is 4.99. The largest absolute Gasteiger partial charge is 0.360 e. The van der Waals surface area contributed by atoms with Crippen LogP contribution in [0.5, 0.6) is 0 Å². The molecule has 8 heteroatoms. The van der Waals surface area contributed by atoms with Crippen molar-refractivity contribution in [2.45, 2.75) is 50.3 Å². The number of thiophene rings is 1. The third-order valence-corrected chi connectivity index (χ3v) is 6.86. The molecule has 1 N–H and O–H groups in total. The highest BCUT2D eigenvalue weighted by Crippen LogP contribution is 2.41. The molecule has 0 spiro atoms. The minimum Gasteiger partial charge on any atom is -0.360 e. The van der Waals surface area contributed by atoms with Gasteiger partial charge in [0.15, 0.2) is 5.82 Å². The molecule has 0 aromatic carbocycles. The van der Waals surface area contributed by atoms with Crippen LogP contribution in [-0.2, 0) is 17.6 Å². The summed E-state index contributed by atoms with van der Waals surface area (Å²) in [4.78, 5) is 23.9. The summed E-state index contributed by atoms with van der Waals surface area (Å²) in [5.41, 5.74) is 1.38. The van der Waals surface area contributed by atoms with E-state index >= 15 is 0 Å². The molecule has 6 nitrogen and oxygen atoms in total. The van der Waals surface area contributed by atoms with E-state index in [1.807, 2.05) is 6.92 Å². The Hall–Kier alpha value is -1.93. The van der Waals surface area contributed by atoms with E-state index in [9.17, 15) is 4.79 Å². The second-order valence-electron chi connectivity index (χ2n) is 6.78. The molecule has 26 heavy (non-hydrogen) atoms. The van der Waals surface area contributed by atoms with E-state index < -0.39 is 0 Å². The SMILES string of the molecule is Cc1cc(NC(=O)[C@H](C)Sc2ncnc3sc4c(c23)CC[C@H](C)C4)no1. The molecule has 3 aromatic rings. The van der Waals surface area contributed by atoms with Crippen LogP contribution in [0.25, 0.3) is 10.2 Å². The lowest BCUT2D eigenvalue weighted by atomic mass is 9.89. The number of nitrogens with one attached hydrogen (secondary N) is 1. The number of rotatable bonds is 4. The third-order valence-electron chi connectivity index (χ3n) is 4.59. The van der Waals surface area contributed by atoms with Crippen LogP contribution in [0.4, 0.5) is 5.82 Å². The summed E-state index contributed by atoms with van der Waals surface area (Å²) in [6.45, 7) is 5.97. The minimum absolute atomic E-state index is 0.118. The predicted molar refractivity (Wildman–Crippen MR) is 104 cm³/mol. The monoisotopic (exact) mass is 388 g/mol. The number of aromatic nitrogens is 3. The van der Waals surface area contributed by atoms with Gasteiger partial charge in [-0.05, 0) is 44.6 Å². The lowest BCUT2D eigenvalue weighted by molar-refractivity contribution is -0.115. The van der Waals surface area contributed by atoms with Crippen LogP contribution in [0, 0.1) is 12.8 Å². The molecule has 0 saturated carbocycles. The van der Waals surface area contributed by atoms with Crippen LogP contribution in [0.3, 0.4) is 0 Å². The number of amides is 1. The first-order valence-corrected chi connectivity index (χ1v) is 10.4. The highest BCUT2D eigenvalue weighted by Gasteiger charge is 2.25. The van der Waals surface area contributed by atoms with Gasteiger partial charge in [-0.1, -0.05) is 23.8 Å². The Morgan fingerprint density at radius 2 is 2.31 bits per heavy atom. The zero-order chi connectivity index (χ0) is 18.3. The average molecular weight is 389 g/mol. The molecule has 1 aliphatic rings. The van der Waals surface area contributed by atoms with Crippen molar-refractivity contribution in [2.24, 2.45) is 5.92 Å². The van der Waals surface area contributed by atoms with Crippen molar-refractivity contribution in [3.8, 4) is 0 Å². The predicted octanol–water partition coefficient (Wildman–Crippen LogP) is 4.23. The van der Waals surface area contributed by atoms with Crippen LogP contribution in [-0.4, -0.2) is 26.3 Å². The molecule has 1 amide bonds. The molecular weight excluding hydrogens is 368 g/mol. The molecule has 0 unspecified atom stereocenters. The Labute approximate surface area is 159 Å². The van der Waals surface area contributed by atoms with Crippen molar-refractivity contribution in [1.82, 2.24) is 15.1 Å². The van der Waals surface area contributed by atoms with Crippen molar-refractivity contribution in [3.63, 3.8) is 0 Å². The molecule has 3 aromatic heterocycles. The quantitative estimate of drug-likeness (QED) is 0.532. The number of nitrogens with zero attached hydrogens (tertiary/aromatic N) is 3. The van der Waals surface area contributed by atoms with Gasteiger partial charge in [-0.25, -0.2) is 9.97 Å². The number of thioether (sulfide) groups is 1. The standard InChI is InChI=1S/C18H20N4O2S2/c1-9-4-5-12-13(6-9)26-18-15(12)17(19-8-20-18)25-11(3)16(23)21-14-7-10(2)24-22-14/h7-9,11H,4-6H2,1-3H3,(H,21,22,23)/t9-,11-/m0/s1. The molecule has 1 aliphatic carbocycles.